The first-order valence-corrected chi connectivity index (χ1v) is 8.83. The van der Waals surface area contributed by atoms with Gasteiger partial charge < -0.3 is 5.32 Å². The van der Waals surface area contributed by atoms with Gasteiger partial charge >= 0.3 is 0 Å². The van der Waals surface area contributed by atoms with E-state index in [9.17, 15) is 8.42 Å². The molecule has 0 amide bonds. The van der Waals surface area contributed by atoms with Crippen LogP contribution >= 0.6 is 0 Å². The van der Waals surface area contributed by atoms with Gasteiger partial charge in [-0.15, -0.1) is 0 Å². The van der Waals surface area contributed by atoms with Crippen LogP contribution in [0.15, 0.2) is 24.5 Å². The molecule has 1 unspecified atom stereocenters. The molecule has 0 spiro atoms. The fourth-order valence-electron chi connectivity index (χ4n) is 2.52. The van der Waals surface area contributed by atoms with E-state index >= 15 is 0 Å². The Hall–Kier alpha value is -0.980. The average Bonchev–Trinajstić information content (AvgIpc) is 2.97. The summed E-state index contributed by atoms with van der Waals surface area (Å²) in [5, 5.41) is 3.35. The molecule has 20 heavy (non-hydrogen) atoms. The van der Waals surface area contributed by atoms with Crippen LogP contribution in [-0.2, 0) is 16.4 Å². The highest BCUT2D eigenvalue weighted by Crippen LogP contribution is 2.11. The minimum Gasteiger partial charge on any atom is -0.313 e. The summed E-state index contributed by atoms with van der Waals surface area (Å²) in [6.07, 6.45) is 6.14. The summed E-state index contributed by atoms with van der Waals surface area (Å²) < 4.78 is 26.4. The predicted octanol–water partition coefficient (Wildman–Crippen LogP) is 1.03. The molecule has 1 aromatic rings. The minimum atomic E-state index is -3.19. The molecular weight excluding hydrogens is 274 g/mol. The summed E-state index contributed by atoms with van der Waals surface area (Å²) in [5.41, 5.74) is 1.01. The van der Waals surface area contributed by atoms with Crippen molar-refractivity contribution in [2.75, 3.05) is 25.4 Å². The fraction of sp³-hybridized carbons (Fsp3) is 0.643. The topological polar surface area (TPSA) is 62.3 Å². The Morgan fingerprint density at radius 1 is 1.40 bits per heavy atom. The van der Waals surface area contributed by atoms with Crippen LogP contribution in [0.1, 0.15) is 25.3 Å². The zero-order chi connectivity index (χ0) is 14.4. The molecule has 6 heteroatoms. The van der Waals surface area contributed by atoms with Crippen LogP contribution in [0.3, 0.4) is 0 Å². The largest absolute Gasteiger partial charge is 0.313 e. The number of nitrogens with one attached hydrogen (secondary N) is 1. The van der Waals surface area contributed by atoms with Crippen LogP contribution in [0.25, 0.3) is 0 Å². The molecule has 1 atom stereocenters. The molecule has 1 N–H and O–H groups in total. The highest BCUT2D eigenvalue weighted by molar-refractivity contribution is 7.89. The molecule has 1 aromatic heterocycles. The first-order valence-electron chi connectivity index (χ1n) is 7.22. The number of sulfonamides is 1. The monoisotopic (exact) mass is 297 g/mol. The summed E-state index contributed by atoms with van der Waals surface area (Å²) in [5.74, 6) is 0.164. The lowest BCUT2D eigenvalue weighted by molar-refractivity contribution is 0.383. The fourth-order valence-corrected chi connectivity index (χ4v) is 4.08. The van der Waals surface area contributed by atoms with Crippen molar-refractivity contribution in [3.63, 3.8) is 0 Å². The van der Waals surface area contributed by atoms with Gasteiger partial charge in [-0.2, -0.15) is 0 Å². The van der Waals surface area contributed by atoms with Crippen molar-refractivity contribution in [3.05, 3.63) is 30.1 Å². The van der Waals surface area contributed by atoms with Crippen LogP contribution in [0, 0.1) is 0 Å². The van der Waals surface area contributed by atoms with E-state index in [2.05, 4.69) is 10.3 Å². The summed E-state index contributed by atoms with van der Waals surface area (Å²) in [6, 6.07) is 4.04. The third kappa shape index (κ3) is 4.26. The maximum absolute atomic E-state index is 12.4. The van der Waals surface area contributed by atoms with E-state index in [1.54, 1.807) is 16.7 Å². The normalized spacial score (nSPS) is 19.6. The van der Waals surface area contributed by atoms with Crippen molar-refractivity contribution in [1.29, 1.82) is 0 Å². The molecule has 1 saturated heterocycles. The van der Waals surface area contributed by atoms with Crippen molar-refractivity contribution in [1.82, 2.24) is 14.6 Å². The molecule has 5 nitrogen and oxygen atoms in total. The summed E-state index contributed by atoms with van der Waals surface area (Å²) in [4.78, 5) is 3.94. The summed E-state index contributed by atoms with van der Waals surface area (Å²) in [7, 11) is -3.19. The Morgan fingerprint density at radius 2 is 2.15 bits per heavy atom. The van der Waals surface area contributed by atoms with Gasteiger partial charge in [-0.05, 0) is 43.5 Å². The molecule has 112 valence electrons. The Balaban J connectivity index is 1.92. The number of likely N-dealkylation sites (N-methyl/N-ethyl adjacent to an activating group) is 1. The van der Waals surface area contributed by atoms with Crippen LogP contribution in [0.5, 0.6) is 0 Å². The second kappa shape index (κ2) is 7.15. The second-order valence-electron chi connectivity index (χ2n) is 5.17. The molecule has 1 aliphatic rings. The molecular formula is C14H23N3O2S. The van der Waals surface area contributed by atoms with Gasteiger partial charge in [0.1, 0.15) is 0 Å². The van der Waals surface area contributed by atoms with Crippen molar-refractivity contribution >= 4 is 10.0 Å². The van der Waals surface area contributed by atoms with Gasteiger partial charge in [-0.1, -0.05) is 6.92 Å². The summed E-state index contributed by atoms with van der Waals surface area (Å²) in [6.45, 7) is 4.03. The van der Waals surface area contributed by atoms with E-state index in [0.29, 0.717) is 25.6 Å². The maximum atomic E-state index is 12.4. The molecule has 2 heterocycles. The predicted molar refractivity (Wildman–Crippen MR) is 80.0 cm³/mol. The highest BCUT2D eigenvalue weighted by Gasteiger charge is 2.25. The number of pyridine rings is 1. The number of hydrogen-bond acceptors (Lipinski definition) is 4. The lowest BCUT2D eigenvalue weighted by atomic mass is 10.2. The first-order chi connectivity index (χ1) is 9.62. The number of rotatable bonds is 7. The Bertz CT molecular complexity index is 498. The zero-order valence-corrected chi connectivity index (χ0v) is 12.8. The molecule has 0 radical (unpaired) electrons. The maximum Gasteiger partial charge on any atom is 0.214 e. The Labute approximate surface area is 121 Å². The standard InChI is InChI=1S/C14H23N3O2S/c1-2-17(12-14-4-3-8-16-14)20(18,19)11-7-13-5-9-15-10-6-13/h5-6,9-10,14,16H,2-4,7-8,11-12H2,1H3. The van der Waals surface area contributed by atoms with Crippen LogP contribution in [0.2, 0.25) is 0 Å². The van der Waals surface area contributed by atoms with Gasteiger partial charge in [0, 0.05) is 31.5 Å². The van der Waals surface area contributed by atoms with Crippen molar-refractivity contribution < 1.29 is 8.42 Å². The smallest absolute Gasteiger partial charge is 0.214 e. The quantitative estimate of drug-likeness (QED) is 0.816. The number of aromatic nitrogens is 1. The molecule has 1 aliphatic heterocycles. The third-order valence-electron chi connectivity index (χ3n) is 3.73. The number of hydrogen-bond donors (Lipinski definition) is 1. The van der Waals surface area contributed by atoms with E-state index in [-0.39, 0.29) is 5.75 Å². The lowest BCUT2D eigenvalue weighted by Gasteiger charge is -2.23. The number of aryl methyl sites for hydroxylation is 1. The highest BCUT2D eigenvalue weighted by atomic mass is 32.2. The van der Waals surface area contributed by atoms with Gasteiger partial charge in [-0.25, -0.2) is 12.7 Å². The van der Waals surface area contributed by atoms with E-state index in [0.717, 1.165) is 24.9 Å². The van der Waals surface area contributed by atoms with E-state index in [4.69, 9.17) is 0 Å². The minimum absolute atomic E-state index is 0.164. The molecule has 1 fully saturated rings. The zero-order valence-electron chi connectivity index (χ0n) is 12.0. The molecule has 0 aromatic carbocycles. The third-order valence-corrected chi connectivity index (χ3v) is 5.64. The molecule has 0 saturated carbocycles. The Kier molecular flexibility index (Phi) is 5.51. The van der Waals surface area contributed by atoms with E-state index < -0.39 is 10.0 Å². The second-order valence-corrected chi connectivity index (χ2v) is 7.25. The van der Waals surface area contributed by atoms with Crippen molar-refractivity contribution in [2.24, 2.45) is 0 Å². The van der Waals surface area contributed by atoms with Crippen LogP contribution < -0.4 is 5.32 Å². The van der Waals surface area contributed by atoms with Crippen LogP contribution in [0.4, 0.5) is 0 Å². The molecule has 2 rings (SSSR count). The lowest BCUT2D eigenvalue weighted by Crippen LogP contribution is -2.42. The van der Waals surface area contributed by atoms with Gasteiger partial charge in [0.15, 0.2) is 0 Å². The molecule has 0 bridgehead atoms. The van der Waals surface area contributed by atoms with Gasteiger partial charge in [0.05, 0.1) is 5.75 Å². The first kappa shape index (κ1) is 15.4. The Morgan fingerprint density at radius 3 is 2.75 bits per heavy atom. The molecule has 0 aliphatic carbocycles. The number of nitrogens with zero attached hydrogens (tertiary/aromatic N) is 2. The SMILES string of the molecule is CCN(CC1CCCN1)S(=O)(=O)CCc1ccncc1. The van der Waals surface area contributed by atoms with E-state index in [1.807, 2.05) is 19.1 Å². The van der Waals surface area contributed by atoms with E-state index in [1.165, 1.54) is 0 Å². The van der Waals surface area contributed by atoms with Crippen LogP contribution in [-0.4, -0.2) is 49.1 Å². The average molecular weight is 297 g/mol. The summed E-state index contributed by atoms with van der Waals surface area (Å²) >= 11 is 0. The van der Waals surface area contributed by atoms with Gasteiger partial charge in [0.2, 0.25) is 10.0 Å². The van der Waals surface area contributed by atoms with Gasteiger partial charge in [0.25, 0.3) is 0 Å². The van der Waals surface area contributed by atoms with Crippen molar-refractivity contribution in [3.8, 4) is 0 Å². The van der Waals surface area contributed by atoms with Gasteiger partial charge in [-0.3, -0.25) is 4.98 Å². The van der Waals surface area contributed by atoms with Crippen molar-refractivity contribution in [2.45, 2.75) is 32.2 Å².